The van der Waals surface area contributed by atoms with E-state index in [1.54, 1.807) is 0 Å². The molecule has 0 spiro atoms. The Labute approximate surface area is 70.5 Å². The van der Waals surface area contributed by atoms with Gasteiger partial charge in [-0.3, -0.25) is 0 Å². The molecule has 0 unspecified atom stereocenters. The van der Waals surface area contributed by atoms with E-state index in [9.17, 15) is 0 Å². The van der Waals surface area contributed by atoms with Crippen LogP contribution in [0, 0.1) is 0 Å². The number of hydrogen-bond acceptors (Lipinski definition) is 0. The van der Waals surface area contributed by atoms with E-state index in [-0.39, 0.29) is 0 Å². The van der Waals surface area contributed by atoms with Gasteiger partial charge in [0.2, 0.25) is 0 Å². The standard InChI is InChI=1S/C9H11Se/c10-8-4-7-9-5-2-1-3-6-9/h1-3,5-6H,4,7-8H2. The molecule has 10 heavy (non-hydrogen) atoms. The van der Waals surface area contributed by atoms with Crippen molar-refractivity contribution in [3.8, 4) is 0 Å². The minimum atomic E-state index is 1.16. The molecule has 0 aliphatic heterocycles. The van der Waals surface area contributed by atoms with Crippen molar-refractivity contribution >= 4 is 16.0 Å². The summed E-state index contributed by atoms with van der Waals surface area (Å²) in [6.45, 7) is 0. The summed E-state index contributed by atoms with van der Waals surface area (Å²) in [7, 11) is 0. The van der Waals surface area contributed by atoms with Crippen molar-refractivity contribution in [2.45, 2.75) is 18.2 Å². The van der Waals surface area contributed by atoms with Gasteiger partial charge in [0.1, 0.15) is 0 Å². The number of benzene rings is 1. The normalized spacial score (nSPS) is 9.70. The van der Waals surface area contributed by atoms with Crippen LogP contribution in [0.5, 0.6) is 0 Å². The number of rotatable bonds is 3. The third-order valence-electron chi connectivity index (χ3n) is 1.45. The van der Waals surface area contributed by atoms with Gasteiger partial charge in [0.25, 0.3) is 0 Å². The molecule has 0 fully saturated rings. The van der Waals surface area contributed by atoms with Gasteiger partial charge in [-0.05, 0) is 0 Å². The third kappa shape index (κ3) is 2.55. The monoisotopic (exact) mass is 199 g/mol. The van der Waals surface area contributed by atoms with Crippen molar-refractivity contribution in [1.29, 1.82) is 0 Å². The molecule has 1 aromatic carbocycles. The minimum absolute atomic E-state index is 1.16. The molecule has 0 aliphatic rings. The van der Waals surface area contributed by atoms with Crippen molar-refractivity contribution in [3.63, 3.8) is 0 Å². The zero-order valence-electron chi connectivity index (χ0n) is 5.92. The fourth-order valence-electron chi connectivity index (χ4n) is 0.921. The Morgan fingerprint density at radius 3 is 2.40 bits per heavy atom. The van der Waals surface area contributed by atoms with E-state index in [1.165, 1.54) is 18.4 Å². The predicted molar refractivity (Wildman–Crippen MR) is 45.3 cm³/mol. The molecular weight excluding hydrogens is 187 g/mol. The van der Waals surface area contributed by atoms with Crippen molar-refractivity contribution in [1.82, 2.24) is 0 Å². The maximum absolute atomic E-state index is 3.01. The van der Waals surface area contributed by atoms with E-state index >= 15 is 0 Å². The number of aryl methyl sites for hydroxylation is 1. The van der Waals surface area contributed by atoms with Gasteiger partial charge >= 0.3 is 70.1 Å². The molecule has 1 rings (SSSR count). The summed E-state index contributed by atoms with van der Waals surface area (Å²) in [5, 5.41) is 1.16. The fourth-order valence-corrected chi connectivity index (χ4v) is 1.22. The Hall–Kier alpha value is -0.261. The second kappa shape index (κ2) is 4.54. The zero-order chi connectivity index (χ0) is 7.23. The molecule has 0 atom stereocenters. The molecule has 0 saturated carbocycles. The van der Waals surface area contributed by atoms with Gasteiger partial charge in [0, 0.05) is 0 Å². The first-order valence-electron chi connectivity index (χ1n) is 3.55. The van der Waals surface area contributed by atoms with Crippen LogP contribution in [-0.2, 0) is 6.42 Å². The van der Waals surface area contributed by atoms with Crippen molar-refractivity contribution < 1.29 is 0 Å². The van der Waals surface area contributed by atoms with Gasteiger partial charge < -0.3 is 0 Å². The number of hydrogen-bond donors (Lipinski definition) is 0. The van der Waals surface area contributed by atoms with Gasteiger partial charge in [0.15, 0.2) is 0 Å². The Morgan fingerprint density at radius 2 is 1.80 bits per heavy atom. The molecule has 0 nitrogen and oxygen atoms in total. The van der Waals surface area contributed by atoms with Crippen LogP contribution in [0.15, 0.2) is 30.3 Å². The summed E-state index contributed by atoms with van der Waals surface area (Å²) >= 11 is 3.01. The average Bonchev–Trinajstić information content (AvgIpc) is 2.03. The van der Waals surface area contributed by atoms with E-state index in [4.69, 9.17) is 0 Å². The van der Waals surface area contributed by atoms with Crippen molar-refractivity contribution in [2.75, 3.05) is 0 Å². The molecule has 0 bridgehead atoms. The summed E-state index contributed by atoms with van der Waals surface area (Å²) in [6, 6.07) is 10.6. The maximum atomic E-state index is 3.01. The van der Waals surface area contributed by atoms with Gasteiger partial charge in [-0.2, -0.15) is 0 Å². The van der Waals surface area contributed by atoms with Gasteiger partial charge in [0.05, 0.1) is 0 Å². The van der Waals surface area contributed by atoms with Crippen molar-refractivity contribution in [2.24, 2.45) is 0 Å². The van der Waals surface area contributed by atoms with Crippen LogP contribution in [0.3, 0.4) is 0 Å². The average molecular weight is 198 g/mol. The second-order valence-electron chi connectivity index (χ2n) is 2.29. The van der Waals surface area contributed by atoms with E-state index in [0.717, 1.165) is 5.32 Å². The molecular formula is C9H11Se. The fraction of sp³-hybridized carbons (Fsp3) is 0.333. The van der Waals surface area contributed by atoms with Crippen LogP contribution in [0.25, 0.3) is 0 Å². The van der Waals surface area contributed by atoms with Gasteiger partial charge in [-0.1, -0.05) is 0 Å². The Kier molecular flexibility index (Phi) is 3.56. The van der Waals surface area contributed by atoms with E-state index in [2.05, 4.69) is 46.3 Å². The van der Waals surface area contributed by atoms with Gasteiger partial charge in [-0.15, -0.1) is 0 Å². The quantitative estimate of drug-likeness (QED) is 0.653. The van der Waals surface area contributed by atoms with Crippen LogP contribution in [0.2, 0.25) is 5.32 Å². The third-order valence-corrected chi connectivity index (χ3v) is 2.06. The molecule has 1 heteroatoms. The van der Waals surface area contributed by atoms with E-state index in [1.807, 2.05) is 0 Å². The Balaban J connectivity index is 2.43. The van der Waals surface area contributed by atoms with Gasteiger partial charge in [-0.25, -0.2) is 0 Å². The van der Waals surface area contributed by atoms with Crippen LogP contribution < -0.4 is 0 Å². The first kappa shape index (κ1) is 7.84. The summed E-state index contributed by atoms with van der Waals surface area (Å²) in [5.41, 5.74) is 1.44. The summed E-state index contributed by atoms with van der Waals surface area (Å²) in [5.74, 6) is 0. The Morgan fingerprint density at radius 1 is 1.10 bits per heavy atom. The molecule has 53 valence electrons. The SMILES string of the molecule is [Se]CCCc1ccccc1. The molecule has 0 amide bonds. The van der Waals surface area contributed by atoms with Crippen LogP contribution in [0.1, 0.15) is 12.0 Å². The molecule has 0 aliphatic carbocycles. The first-order chi connectivity index (χ1) is 4.93. The van der Waals surface area contributed by atoms with Crippen LogP contribution in [0.4, 0.5) is 0 Å². The zero-order valence-corrected chi connectivity index (χ0v) is 7.63. The van der Waals surface area contributed by atoms with Crippen LogP contribution in [-0.4, -0.2) is 16.0 Å². The summed E-state index contributed by atoms with van der Waals surface area (Å²) in [6.07, 6.45) is 2.46. The molecule has 0 saturated heterocycles. The summed E-state index contributed by atoms with van der Waals surface area (Å²) in [4.78, 5) is 0. The summed E-state index contributed by atoms with van der Waals surface area (Å²) < 4.78 is 0. The molecule has 1 radical (unpaired) electrons. The topological polar surface area (TPSA) is 0 Å². The van der Waals surface area contributed by atoms with Crippen molar-refractivity contribution in [3.05, 3.63) is 35.9 Å². The predicted octanol–water partition coefficient (Wildman–Crippen LogP) is 2.21. The first-order valence-corrected chi connectivity index (χ1v) is 4.76. The molecule has 0 heterocycles. The Bertz CT molecular complexity index is 169. The molecule has 0 aromatic heterocycles. The molecule has 1 aromatic rings. The molecule has 0 N–H and O–H groups in total. The van der Waals surface area contributed by atoms with Crippen LogP contribution >= 0.6 is 0 Å². The second-order valence-corrected chi connectivity index (χ2v) is 3.15. The van der Waals surface area contributed by atoms with E-state index in [0.29, 0.717) is 0 Å². The van der Waals surface area contributed by atoms with E-state index < -0.39 is 0 Å².